The number of rotatable bonds is 12. The summed E-state index contributed by atoms with van der Waals surface area (Å²) in [5.74, 6) is 1.28. The molecular formula is C21H28N2O6S. The Balaban J connectivity index is 1.87. The maximum absolute atomic E-state index is 12.4. The third-order valence-corrected chi connectivity index (χ3v) is 5.73. The molecule has 0 aliphatic carbocycles. The fourth-order valence-corrected chi connectivity index (χ4v) is 3.59. The number of carbonyl (C=O) groups is 1. The number of hydrogen-bond acceptors (Lipinski definition) is 6. The minimum absolute atomic E-state index is 0.0510. The number of hydrogen-bond donors (Lipinski definition) is 2. The Hall–Kier alpha value is -2.78. The summed E-state index contributed by atoms with van der Waals surface area (Å²) in [5.41, 5.74) is 0.396. The maximum atomic E-state index is 12.4. The molecule has 8 nitrogen and oxygen atoms in total. The van der Waals surface area contributed by atoms with Gasteiger partial charge in [0.2, 0.25) is 10.0 Å². The molecule has 164 valence electrons. The van der Waals surface area contributed by atoms with Crippen molar-refractivity contribution in [3.05, 3.63) is 48.0 Å². The second kappa shape index (κ2) is 11.4. The molecule has 2 aromatic carbocycles. The van der Waals surface area contributed by atoms with Gasteiger partial charge in [-0.1, -0.05) is 13.3 Å². The summed E-state index contributed by atoms with van der Waals surface area (Å²) in [6.45, 7) is 2.83. The zero-order valence-corrected chi connectivity index (χ0v) is 18.3. The molecule has 2 N–H and O–H groups in total. The van der Waals surface area contributed by atoms with E-state index in [2.05, 4.69) is 17.0 Å². The number of unbranched alkanes of at least 4 members (excludes halogenated alkanes) is 1. The van der Waals surface area contributed by atoms with E-state index < -0.39 is 10.0 Å². The third kappa shape index (κ3) is 6.64. The minimum atomic E-state index is -3.67. The van der Waals surface area contributed by atoms with E-state index >= 15 is 0 Å². The van der Waals surface area contributed by atoms with Gasteiger partial charge in [0.1, 0.15) is 5.75 Å². The lowest BCUT2D eigenvalue weighted by Crippen LogP contribution is -2.34. The molecule has 0 radical (unpaired) electrons. The zero-order chi connectivity index (χ0) is 22.0. The van der Waals surface area contributed by atoms with E-state index in [0.717, 1.165) is 12.8 Å². The van der Waals surface area contributed by atoms with E-state index in [1.165, 1.54) is 26.4 Å². The highest BCUT2D eigenvalue weighted by molar-refractivity contribution is 7.89. The summed E-state index contributed by atoms with van der Waals surface area (Å²) in [6.07, 6.45) is 1.95. The van der Waals surface area contributed by atoms with Gasteiger partial charge in [-0.15, -0.1) is 0 Å². The number of carbonyl (C=O) groups excluding carboxylic acids is 1. The molecule has 0 unspecified atom stereocenters. The molecule has 9 heteroatoms. The molecule has 30 heavy (non-hydrogen) atoms. The number of amides is 1. The fourth-order valence-electron chi connectivity index (χ4n) is 2.56. The third-order valence-electron chi connectivity index (χ3n) is 4.25. The molecule has 0 spiro atoms. The van der Waals surface area contributed by atoms with E-state index in [1.807, 2.05) is 0 Å². The van der Waals surface area contributed by atoms with Crippen molar-refractivity contribution in [2.75, 3.05) is 33.9 Å². The van der Waals surface area contributed by atoms with Crippen LogP contribution >= 0.6 is 0 Å². The topological polar surface area (TPSA) is 103 Å². The standard InChI is InChI=1S/C21H28N2O6S/c1-4-5-14-29-19-11-6-16(15-20(19)28-3)21(24)22-12-13-23-30(25,26)18-9-7-17(27-2)8-10-18/h6-11,15,23H,4-5,12-14H2,1-3H3,(H,22,24). The van der Waals surface area contributed by atoms with Crippen LogP contribution in [-0.4, -0.2) is 48.2 Å². The van der Waals surface area contributed by atoms with E-state index in [1.54, 1.807) is 30.3 Å². The van der Waals surface area contributed by atoms with Gasteiger partial charge in [-0.25, -0.2) is 13.1 Å². The second-order valence-corrected chi connectivity index (χ2v) is 8.16. The number of methoxy groups -OCH3 is 2. The summed E-state index contributed by atoms with van der Waals surface area (Å²) in [6, 6.07) is 11.0. The van der Waals surface area contributed by atoms with Crippen molar-refractivity contribution in [2.45, 2.75) is 24.7 Å². The summed E-state index contributed by atoms with van der Waals surface area (Å²) in [4.78, 5) is 12.5. The van der Waals surface area contributed by atoms with Crippen molar-refractivity contribution >= 4 is 15.9 Å². The van der Waals surface area contributed by atoms with Crippen LogP contribution in [0.3, 0.4) is 0 Å². The first-order valence-corrected chi connectivity index (χ1v) is 11.1. The van der Waals surface area contributed by atoms with Crippen LogP contribution < -0.4 is 24.2 Å². The van der Waals surface area contributed by atoms with Gasteiger partial charge < -0.3 is 19.5 Å². The molecule has 0 heterocycles. The Labute approximate surface area is 177 Å². The molecule has 0 saturated carbocycles. The van der Waals surface area contributed by atoms with Gasteiger partial charge in [0.25, 0.3) is 5.91 Å². The normalized spacial score (nSPS) is 11.0. The van der Waals surface area contributed by atoms with Crippen molar-refractivity contribution in [1.82, 2.24) is 10.0 Å². The van der Waals surface area contributed by atoms with Gasteiger partial charge in [0.15, 0.2) is 11.5 Å². The molecule has 0 bridgehead atoms. The monoisotopic (exact) mass is 436 g/mol. The highest BCUT2D eigenvalue weighted by Gasteiger charge is 2.14. The Kier molecular flexibility index (Phi) is 8.94. The lowest BCUT2D eigenvalue weighted by Gasteiger charge is -2.12. The highest BCUT2D eigenvalue weighted by atomic mass is 32.2. The summed E-state index contributed by atoms with van der Waals surface area (Å²) >= 11 is 0. The predicted molar refractivity (Wildman–Crippen MR) is 114 cm³/mol. The van der Waals surface area contributed by atoms with Crippen molar-refractivity contribution in [3.63, 3.8) is 0 Å². The van der Waals surface area contributed by atoms with Gasteiger partial charge >= 0.3 is 0 Å². The molecule has 0 aliphatic rings. The summed E-state index contributed by atoms with van der Waals surface area (Å²) in [5, 5.41) is 2.68. The Bertz CT molecular complexity index is 929. The lowest BCUT2D eigenvalue weighted by atomic mass is 10.2. The molecule has 2 rings (SSSR count). The van der Waals surface area contributed by atoms with Crippen LogP contribution in [-0.2, 0) is 10.0 Å². The zero-order valence-electron chi connectivity index (χ0n) is 17.4. The van der Waals surface area contributed by atoms with Gasteiger partial charge in [0.05, 0.1) is 25.7 Å². The predicted octanol–water partition coefficient (Wildman–Crippen LogP) is 2.59. The molecule has 0 saturated heterocycles. The van der Waals surface area contributed by atoms with Crippen LogP contribution in [0.2, 0.25) is 0 Å². The molecule has 2 aromatic rings. The summed E-state index contributed by atoms with van der Waals surface area (Å²) in [7, 11) is -0.650. The van der Waals surface area contributed by atoms with Crippen LogP contribution in [0.4, 0.5) is 0 Å². The molecular weight excluding hydrogens is 408 g/mol. The van der Waals surface area contributed by atoms with Gasteiger partial charge in [-0.05, 0) is 48.9 Å². The average molecular weight is 437 g/mol. The smallest absolute Gasteiger partial charge is 0.251 e. The van der Waals surface area contributed by atoms with Crippen molar-refractivity contribution < 1.29 is 27.4 Å². The average Bonchev–Trinajstić information content (AvgIpc) is 2.77. The fraction of sp³-hybridized carbons (Fsp3) is 0.381. The Morgan fingerprint density at radius 3 is 2.33 bits per heavy atom. The minimum Gasteiger partial charge on any atom is -0.497 e. The number of nitrogens with one attached hydrogen (secondary N) is 2. The molecule has 0 aromatic heterocycles. The van der Waals surface area contributed by atoms with Gasteiger partial charge in [-0.2, -0.15) is 0 Å². The SMILES string of the molecule is CCCCOc1ccc(C(=O)NCCNS(=O)(=O)c2ccc(OC)cc2)cc1OC. The quantitative estimate of drug-likeness (QED) is 0.496. The number of benzene rings is 2. The van der Waals surface area contributed by atoms with Crippen LogP contribution in [0.5, 0.6) is 17.2 Å². The van der Waals surface area contributed by atoms with Crippen molar-refractivity contribution in [3.8, 4) is 17.2 Å². The van der Waals surface area contributed by atoms with Crippen LogP contribution in [0, 0.1) is 0 Å². The number of sulfonamides is 1. The first kappa shape index (κ1) is 23.5. The van der Waals surface area contributed by atoms with E-state index in [-0.39, 0.29) is 23.9 Å². The van der Waals surface area contributed by atoms with Gasteiger partial charge in [0, 0.05) is 18.7 Å². The van der Waals surface area contributed by atoms with Gasteiger partial charge in [-0.3, -0.25) is 4.79 Å². The first-order chi connectivity index (χ1) is 14.4. The summed E-state index contributed by atoms with van der Waals surface area (Å²) < 4.78 is 43.0. The lowest BCUT2D eigenvalue weighted by molar-refractivity contribution is 0.0954. The van der Waals surface area contributed by atoms with Crippen LogP contribution in [0.1, 0.15) is 30.1 Å². The van der Waals surface area contributed by atoms with E-state index in [0.29, 0.717) is 29.4 Å². The van der Waals surface area contributed by atoms with Crippen LogP contribution in [0.15, 0.2) is 47.4 Å². The largest absolute Gasteiger partial charge is 0.497 e. The Morgan fingerprint density at radius 2 is 1.70 bits per heavy atom. The second-order valence-electron chi connectivity index (χ2n) is 6.40. The highest BCUT2D eigenvalue weighted by Crippen LogP contribution is 2.28. The maximum Gasteiger partial charge on any atom is 0.251 e. The first-order valence-electron chi connectivity index (χ1n) is 9.64. The van der Waals surface area contributed by atoms with E-state index in [9.17, 15) is 13.2 Å². The van der Waals surface area contributed by atoms with Crippen molar-refractivity contribution in [1.29, 1.82) is 0 Å². The number of ether oxygens (including phenoxy) is 3. The molecule has 0 fully saturated rings. The van der Waals surface area contributed by atoms with Crippen LogP contribution in [0.25, 0.3) is 0 Å². The van der Waals surface area contributed by atoms with E-state index in [4.69, 9.17) is 14.2 Å². The molecule has 1 amide bonds. The Morgan fingerprint density at radius 1 is 0.967 bits per heavy atom. The molecule has 0 aliphatic heterocycles. The van der Waals surface area contributed by atoms with Crippen molar-refractivity contribution in [2.24, 2.45) is 0 Å². The molecule has 0 atom stereocenters.